The van der Waals surface area contributed by atoms with E-state index in [9.17, 15) is 19.8 Å². The highest BCUT2D eigenvalue weighted by Gasteiger charge is 2.19. The molecule has 0 aliphatic rings. The molecule has 2 aromatic carbocycles. The predicted molar refractivity (Wildman–Crippen MR) is 82.9 cm³/mol. The van der Waals surface area contributed by atoms with E-state index in [1.807, 2.05) is 37.3 Å². The summed E-state index contributed by atoms with van der Waals surface area (Å²) in [5.41, 5.74) is 0.991. The summed E-state index contributed by atoms with van der Waals surface area (Å²) < 4.78 is 0. The first-order valence-corrected chi connectivity index (χ1v) is 7.64. The quantitative estimate of drug-likeness (QED) is 0.777. The zero-order valence-electron chi connectivity index (χ0n) is 13.0. The average molecular weight is 310 g/mol. The molecular formula is C19H18O4-2. The molecule has 0 bridgehead atoms. The summed E-state index contributed by atoms with van der Waals surface area (Å²) in [6.07, 6.45) is 2.26. The number of carbonyl (C=O) groups is 2. The Balaban J connectivity index is 2.48. The molecular weight excluding hydrogens is 292 g/mol. The Kier molecular flexibility index (Phi) is 5.52. The summed E-state index contributed by atoms with van der Waals surface area (Å²) in [6, 6.07) is 14.2. The normalized spacial score (nSPS) is 11.9. The molecule has 0 saturated heterocycles. The van der Waals surface area contributed by atoms with Crippen molar-refractivity contribution in [2.24, 2.45) is 0 Å². The van der Waals surface area contributed by atoms with Crippen molar-refractivity contribution in [1.29, 1.82) is 0 Å². The van der Waals surface area contributed by atoms with Crippen LogP contribution in [0.4, 0.5) is 0 Å². The summed E-state index contributed by atoms with van der Waals surface area (Å²) in [7, 11) is 0. The van der Waals surface area contributed by atoms with Crippen LogP contribution in [0.15, 0.2) is 48.5 Å². The number of carbonyl (C=O) groups excluding carboxylic acids is 2. The van der Waals surface area contributed by atoms with Crippen LogP contribution in [0, 0.1) is 0 Å². The number of hydrogen-bond acceptors (Lipinski definition) is 4. The molecule has 4 heteroatoms. The second-order valence-electron chi connectivity index (χ2n) is 5.52. The summed E-state index contributed by atoms with van der Waals surface area (Å²) in [5.74, 6) is -3.07. The molecule has 1 unspecified atom stereocenters. The van der Waals surface area contributed by atoms with Crippen LogP contribution in [0.1, 0.15) is 57.5 Å². The molecule has 0 amide bonds. The van der Waals surface area contributed by atoms with Gasteiger partial charge >= 0.3 is 0 Å². The van der Waals surface area contributed by atoms with E-state index in [-0.39, 0.29) is 17.0 Å². The minimum absolute atomic E-state index is 0.0883. The molecule has 2 aromatic rings. The van der Waals surface area contributed by atoms with Gasteiger partial charge in [0.1, 0.15) is 0 Å². The number of rotatable bonds is 7. The third-order valence-corrected chi connectivity index (χ3v) is 3.92. The van der Waals surface area contributed by atoms with Crippen LogP contribution in [0.5, 0.6) is 0 Å². The molecule has 23 heavy (non-hydrogen) atoms. The number of carboxylic acid groups (broad SMARTS) is 2. The molecule has 0 saturated carbocycles. The topological polar surface area (TPSA) is 80.3 Å². The Morgan fingerprint density at radius 2 is 1.65 bits per heavy atom. The van der Waals surface area contributed by atoms with Gasteiger partial charge in [-0.25, -0.2) is 0 Å². The number of benzene rings is 2. The van der Waals surface area contributed by atoms with E-state index in [4.69, 9.17) is 0 Å². The summed E-state index contributed by atoms with van der Waals surface area (Å²) in [5, 5.41) is 22.7. The van der Waals surface area contributed by atoms with Crippen LogP contribution >= 0.6 is 0 Å². The van der Waals surface area contributed by atoms with Crippen molar-refractivity contribution in [3.8, 4) is 0 Å². The highest BCUT2D eigenvalue weighted by molar-refractivity contribution is 6.01. The van der Waals surface area contributed by atoms with Gasteiger partial charge in [-0.2, -0.15) is 0 Å². The van der Waals surface area contributed by atoms with Crippen LogP contribution in [0.3, 0.4) is 0 Å². The van der Waals surface area contributed by atoms with Gasteiger partial charge < -0.3 is 19.8 Å². The van der Waals surface area contributed by atoms with Crippen LogP contribution in [-0.4, -0.2) is 11.9 Å². The molecule has 0 aliphatic carbocycles. The molecule has 1 atom stereocenters. The van der Waals surface area contributed by atoms with E-state index in [0.717, 1.165) is 18.4 Å². The maximum Gasteiger partial charge on any atom is 0.0724 e. The van der Waals surface area contributed by atoms with Crippen LogP contribution < -0.4 is 10.2 Å². The largest absolute Gasteiger partial charge is 0.545 e. The summed E-state index contributed by atoms with van der Waals surface area (Å²) in [4.78, 5) is 22.7. The van der Waals surface area contributed by atoms with Crippen molar-refractivity contribution in [3.05, 3.63) is 70.8 Å². The zero-order chi connectivity index (χ0) is 16.8. The molecule has 0 N–H and O–H groups in total. The monoisotopic (exact) mass is 310 g/mol. The maximum atomic E-state index is 11.5. The van der Waals surface area contributed by atoms with E-state index < -0.39 is 11.9 Å². The fourth-order valence-electron chi connectivity index (χ4n) is 2.92. The van der Waals surface area contributed by atoms with Gasteiger partial charge in [-0.05, 0) is 29.9 Å². The van der Waals surface area contributed by atoms with Gasteiger partial charge in [0, 0.05) is 11.1 Å². The van der Waals surface area contributed by atoms with Gasteiger partial charge in [0.2, 0.25) is 0 Å². The molecule has 0 aliphatic heterocycles. The van der Waals surface area contributed by atoms with E-state index in [1.54, 1.807) is 12.1 Å². The first kappa shape index (κ1) is 16.7. The standard InChI is InChI=1S/C19H20O4/c1-2-7-14(12-13-8-4-3-5-9-13)15-10-6-11-16(18(20)21)17(15)19(22)23/h3-6,8-11,14H,2,7,12H2,1H3,(H,20,21)(H,22,23)/p-2. The molecule has 0 aromatic heterocycles. The highest BCUT2D eigenvalue weighted by atomic mass is 16.4. The maximum absolute atomic E-state index is 11.5. The minimum Gasteiger partial charge on any atom is -0.545 e. The molecule has 0 radical (unpaired) electrons. The fraction of sp³-hybridized carbons (Fsp3) is 0.263. The van der Waals surface area contributed by atoms with Crippen molar-refractivity contribution < 1.29 is 19.8 Å². The third-order valence-electron chi connectivity index (χ3n) is 3.92. The van der Waals surface area contributed by atoms with Gasteiger partial charge in [-0.1, -0.05) is 61.9 Å². The minimum atomic E-state index is -1.50. The van der Waals surface area contributed by atoms with Gasteiger partial charge in [0.05, 0.1) is 11.9 Å². The van der Waals surface area contributed by atoms with Gasteiger partial charge in [0.25, 0.3) is 0 Å². The lowest BCUT2D eigenvalue weighted by Gasteiger charge is -2.23. The lowest BCUT2D eigenvalue weighted by Crippen LogP contribution is -2.31. The smallest absolute Gasteiger partial charge is 0.0724 e. The van der Waals surface area contributed by atoms with Crippen molar-refractivity contribution in [2.45, 2.75) is 32.1 Å². The first-order valence-electron chi connectivity index (χ1n) is 7.64. The van der Waals surface area contributed by atoms with Crippen molar-refractivity contribution >= 4 is 11.9 Å². The number of aromatic carboxylic acids is 2. The van der Waals surface area contributed by atoms with E-state index >= 15 is 0 Å². The van der Waals surface area contributed by atoms with Gasteiger partial charge in [-0.15, -0.1) is 0 Å². The molecule has 0 fully saturated rings. The summed E-state index contributed by atoms with van der Waals surface area (Å²) >= 11 is 0. The molecule has 120 valence electrons. The van der Waals surface area contributed by atoms with E-state index in [1.165, 1.54) is 6.07 Å². The Bertz CT molecular complexity index is 692. The predicted octanol–water partition coefficient (Wildman–Crippen LogP) is 1.54. The SMILES string of the molecule is CCCC(Cc1ccccc1)c1cccc(C(=O)[O-])c1C(=O)[O-]. The number of hydrogen-bond donors (Lipinski definition) is 0. The Morgan fingerprint density at radius 1 is 0.957 bits per heavy atom. The third kappa shape index (κ3) is 3.97. The average Bonchev–Trinajstić information content (AvgIpc) is 2.54. The molecule has 0 heterocycles. The van der Waals surface area contributed by atoms with Crippen molar-refractivity contribution in [1.82, 2.24) is 0 Å². The summed E-state index contributed by atoms with van der Waals surface area (Å²) in [6.45, 7) is 2.01. The zero-order valence-corrected chi connectivity index (χ0v) is 13.0. The van der Waals surface area contributed by atoms with Crippen molar-refractivity contribution in [2.75, 3.05) is 0 Å². The van der Waals surface area contributed by atoms with Crippen LogP contribution in [-0.2, 0) is 6.42 Å². The fourth-order valence-corrected chi connectivity index (χ4v) is 2.92. The van der Waals surface area contributed by atoms with Crippen LogP contribution in [0.25, 0.3) is 0 Å². The van der Waals surface area contributed by atoms with Gasteiger partial charge in [-0.3, -0.25) is 0 Å². The van der Waals surface area contributed by atoms with Crippen molar-refractivity contribution in [3.63, 3.8) is 0 Å². The van der Waals surface area contributed by atoms with E-state index in [0.29, 0.717) is 12.0 Å². The highest BCUT2D eigenvalue weighted by Crippen LogP contribution is 2.30. The lowest BCUT2D eigenvalue weighted by atomic mass is 9.84. The van der Waals surface area contributed by atoms with Crippen LogP contribution in [0.2, 0.25) is 0 Å². The Labute approximate surface area is 135 Å². The lowest BCUT2D eigenvalue weighted by molar-refractivity contribution is -0.259. The Hall–Kier alpha value is -2.62. The first-order chi connectivity index (χ1) is 11.0. The molecule has 0 spiro atoms. The molecule has 2 rings (SSSR count). The molecule has 4 nitrogen and oxygen atoms in total. The Morgan fingerprint density at radius 3 is 2.22 bits per heavy atom. The van der Waals surface area contributed by atoms with Gasteiger partial charge in [0.15, 0.2) is 0 Å². The van der Waals surface area contributed by atoms with E-state index in [2.05, 4.69) is 0 Å². The number of carboxylic acids is 2. The second kappa shape index (κ2) is 7.58. The second-order valence-corrected chi connectivity index (χ2v) is 5.52.